The van der Waals surface area contributed by atoms with Gasteiger partial charge in [0.25, 0.3) is 5.91 Å². The Labute approximate surface area is 211 Å². The van der Waals surface area contributed by atoms with Crippen LogP contribution in [0, 0.1) is 0 Å². The van der Waals surface area contributed by atoms with Crippen LogP contribution >= 0.6 is 0 Å². The van der Waals surface area contributed by atoms with Crippen LogP contribution in [0.3, 0.4) is 0 Å². The van der Waals surface area contributed by atoms with Crippen LogP contribution < -0.4 is 15.1 Å². The summed E-state index contributed by atoms with van der Waals surface area (Å²) in [6.45, 7) is 5.72. The zero-order chi connectivity index (χ0) is 25.9. The summed E-state index contributed by atoms with van der Waals surface area (Å²) in [5.74, 6) is -0.767. The minimum absolute atomic E-state index is 0.129. The Balaban J connectivity index is 1.91. The van der Waals surface area contributed by atoms with E-state index in [1.807, 2.05) is 94.4 Å². The van der Waals surface area contributed by atoms with Gasteiger partial charge < -0.3 is 10.2 Å². The van der Waals surface area contributed by atoms with E-state index in [2.05, 4.69) is 20.3 Å². The van der Waals surface area contributed by atoms with Crippen molar-refractivity contribution in [1.82, 2.24) is 20.3 Å². The van der Waals surface area contributed by atoms with E-state index in [1.54, 1.807) is 6.20 Å². The summed E-state index contributed by atoms with van der Waals surface area (Å²) in [5.41, 5.74) is 2.53. The van der Waals surface area contributed by atoms with Crippen molar-refractivity contribution >= 4 is 34.1 Å². The number of aromatic nitrogens is 3. The number of anilines is 2. The van der Waals surface area contributed by atoms with Gasteiger partial charge in [-0.1, -0.05) is 30.3 Å². The second-order valence-electron chi connectivity index (χ2n) is 9.78. The molecule has 2 aromatic heterocycles. The van der Waals surface area contributed by atoms with Crippen molar-refractivity contribution in [3.63, 3.8) is 0 Å². The second-order valence-corrected chi connectivity index (χ2v) is 9.78. The molecule has 0 saturated carbocycles. The zero-order valence-electron chi connectivity index (χ0n) is 21.1. The maximum atomic E-state index is 13.9. The summed E-state index contributed by atoms with van der Waals surface area (Å²) < 4.78 is 0. The van der Waals surface area contributed by atoms with Crippen molar-refractivity contribution in [1.29, 1.82) is 0 Å². The molecule has 0 fully saturated rings. The highest BCUT2D eigenvalue weighted by Crippen LogP contribution is 2.32. The van der Waals surface area contributed by atoms with Gasteiger partial charge in [-0.3, -0.25) is 24.5 Å². The number of benzene rings is 2. The fraction of sp³-hybridized carbons (Fsp3) is 0.250. The standard InChI is InChI=1S/C28H30N6O2/c1-28(2,3)32-26(35)25(19-10-12-21(13-11-19)33(4)5)34(27(36)24-18-29-14-15-30-24)22-16-20-8-6-7-9-23(20)31-17-22/h6-18,25H,1-5H3,(H,32,35). The van der Waals surface area contributed by atoms with Crippen LogP contribution in [0.5, 0.6) is 0 Å². The van der Waals surface area contributed by atoms with Crippen LogP contribution in [0.2, 0.25) is 0 Å². The van der Waals surface area contributed by atoms with Gasteiger partial charge in [0.15, 0.2) is 0 Å². The fourth-order valence-corrected chi connectivity index (χ4v) is 3.92. The highest BCUT2D eigenvalue weighted by Gasteiger charge is 2.36. The van der Waals surface area contributed by atoms with E-state index in [0.29, 0.717) is 11.3 Å². The van der Waals surface area contributed by atoms with Crippen LogP contribution in [0.1, 0.15) is 42.9 Å². The molecule has 1 atom stereocenters. The quantitative estimate of drug-likeness (QED) is 0.438. The largest absolute Gasteiger partial charge is 0.378 e. The number of rotatable bonds is 6. The topological polar surface area (TPSA) is 91.3 Å². The number of hydrogen-bond acceptors (Lipinski definition) is 6. The minimum Gasteiger partial charge on any atom is -0.378 e. The molecule has 0 bridgehead atoms. The average molecular weight is 483 g/mol. The van der Waals surface area contributed by atoms with Gasteiger partial charge in [0.2, 0.25) is 5.91 Å². The number of carbonyl (C=O) groups is 2. The molecular weight excluding hydrogens is 452 g/mol. The normalized spacial score (nSPS) is 12.1. The highest BCUT2D eigenvalue weighted by atomic mass is 16.2. The first-order valence-electron chi connectivity index (χ1n) is 11.7. The van der Waals surface area contributed by atoms with Crippen molar-refractivity contribution in [2.24, 2.45) is 0 Å². The maximum Gasteiger partial charge on any atom is 0.279 e. The van der Waals surface area contributed by atoms with E-state index < -0.39 is 17.5 Å². The number of carbonyl (C=O) groups excluding carboxylic acids is 2. The molecule has 4 aromatic rings. The first-order chi connectivity index (χ1) is 17.1. The molecule has 0 spiro atoms. The first kappa shape index (κ1) is 24.8. The number of hydrogen-bond donors (Lipinski definition) is 1. The monoisotopic (exact) mass is 482 g/mol. The molecule has 0 radical (unpaired) electrons. The molecule has 1 unspecified atom stereocenters. The summed E-state index contributed by atoms with van der Waals surface area (Å²) >= 11 is 0. The molecular formula is C28H30N6O2. The summed E-state index contributed by atoms with van der Waals surface area (Å²) in [6.07, 6.45) is 5.97. The number of nitrogens with zero attached hydrogens (tertiary/aromatic N) is 5. The summed E-state index contributed by atoms with van der Waals surface area (Å²) in [4.78, 5) is 44.0. The predicted molar refractivity (Wildman–Crippen MR) is 142 cm³/mol. The van der Waals surface area contributed by atoms with Gasteiger partial charge >= 0.3 is 0 Å². The molecule has 8 nitrogen and oxygen atoms in total. The predicted octanol–water partition coefficient (Wildman–Crippen LogP) is 4.39. The molecule has 4 rings (SSSR count). The van der Waals surface area contributed by atoms with Gasteiger partial charge in [-0.25, -0.2) is 4.98 Å². The molecule has 2 amide bonds. The Bertz CT molecular complexity index is 1360. The SMILES string of the molecule is CN(C)c1ccc(C(C(=O)NC(C)(C)C)N(C(=O)c2cnccn2)c2cnc3ccccc3c2)cc1. The summed E-state index contributed by atoms with van der Waals surface area (Å²) in [6, 6.07) is 16.1. The molecule has 2 heterocycles. The average Bonchev–Trinajstić information content (AvgIpc) is 2.86. The molecule has 0 saturated heterocycles. The van der Waals surface area contributed by atoms with Crippen LogP contribution in [0.25, 0.3) is 10.9 Å². The highest BCUT2D eigenvalue weighted by molar-refractivity contribution is 6.09. The molecule has 184 valence electrons. The molecule has 0 aliphatic rings. The lowest BCUT2D eigenvalue weighted by Crippen LogP contribution is -2.49. The molecule has 2 aromatic carbocycles. The number of pyridine rings is 1. The number of nitrogens with one attached hydrogen (secondary N) is 1. The smallest absolute Gasteiger partial charge is 0.279 e. The van der Waals surface area contributed by atoms with Crippen LogP contribution in [0.4, 0.5) is 11.4 Å². The molecule has 0 aliphatic carbocycles. The van der Waals surface area contributed by atoms with E-state index >= 15 is 0 Å². The maximum absolute atomic E-state index is 13.9. The third kappa shape index (κ3) is 5.49. The second kappa shape index (κ2) is 10.1. The van der Waals surface area contributed by atoms with Crippen LogP contribution in [-0.4, -0.2) is 46.4 Å². The Morgan fingerprint density at radius 2 is 1.61 bits per heavy atom. The van der Waals surface area contributed by atoms with Crippen molar-refractivity contribution in [2.45, 2.75) is 32.4 Å². The minimum atomic E-state index is -0.974. The molecule has 36 heavy (non-hydrogen) atoms. The van der Waals surface area contributed by atoms with Crippen molar-refractivity contribution in [2.75, 3.05) is 23.9 Å². The van der Waals surface area contributed by atoms with Gasteiger partial charge in [-0.15, -0.1) is 0 Å². The first-order valence-corrected chi connectivity index (χ1v) is 11.7. The molecule has 1 N–H and O–H groups in total. The Kier molecular flexibility index (Phi) is 6.96. The molecule has 0 aliphatic heterocycles. The van der Waals surface area contributed by atoms with Gasteiger partial charge in [0.05, 0.1) is 23.6 Å². The van der Waals surface area contributed by atoms with Gasteiger partial charge in [-0.05, 0) is 50.6 Å². The summed E-state index contributed by atoms with van der Waals surface area (Å²) in [5, 5.41) is 3.90. The van der Waals surface area contributed by atoms with Crippen molar-refractivity contribution < 1.29 is 9.59 Å². The van der Waals surface area contributed by atoms with Gasteiger partial charge in [-0.2, -0.15) is 0 Å². The zero-order valence-corrected chi connectivity index (χ0v) is 21.1. The Morgan fingerprint density at radius 1 is 0.889 bits per heavy atom. The van der Waals surface area contributed by atoms with Gasteiger partial charge in [0.1, 0.15) is 11.7 Å². The van der Waals surface area contributed by atoms with Crippen LogP contribution in [0.15, 0.2) is 79.4 Å². The molecule has 8 heteroatoms. The lowest BCUT2D eigenvalue weighted by atomic mass is 10.00. The lowest BCUT2D eigenvalue weighted by Gasteiger charge is -2.33. The van der Waals surface area contributed by atoms with Crippen LogP contribution in [-0.2, 0) is 4.79 Å². The van der Waals surface area contributed by atoms with E-state index in [-0.39, 0.29) is 11.6 Å². The lowest BCUT2D eigenvalue weighted by molar-refractivity contribution is -0.123. The Hall–Kier alpha value is -4.33. The van der Waals surface area contributed by atoms with Crippen molar-refractivity contribution in [3.8, 4) is 0 Å². The van der Waals surface area contributed by atoms with E-state index in [4.69, 9.17) is 0 Å². The van der Waals surface area contributed by atoms with Crippen molar-refractivity contribution in [3.05, 3.63) is 90.6 Å². The third-order valence-electron chi connectivity index (χ3n) is 5.59. The Morgan fingerprint density at radius 3 is 2.25 bits per heavy atom. The van der Waals surface area contributed by atoms with E-state index in [0.717, 1.165) is 16.6 Å². The number of para-hydroxylation sites is 1. The fourth-order valence-electron chi connectivity index (χ4n) is 3.92. The number of amides is 2. The number of fused-ring (bicyclic) bond motifs is 1. The van der Waals surface area contributed by atoms with Gasteiger partial charge in [0, 0.05) is 43.1 Å². The van der Waals surface area contributed by atoms with E-state index in [9.17, 15) is 9.59 Å². The van der Waals surface area contributed by atoms with E-state index in [1.165, 1.54) is 23.5 Å². The third-order valence-corrected chi connectivity index (χ3v) is 5.59. The summed E-state index contributed by atoms with van der Waals surface area (Å²) in [7, 11) is 3.90.